The average molecular weight is 294 g/mol. The van der Waals surface area contributed by atoms with Gasteiger partial charge < -0.3 is 5.73 Å². The molecule has 8 heteroatoms. The third-order valence-corrected chi connectivity index (χ3v) is 2.87. The number of rotatable bonds is 1. The first-order valence-electron chi connectivity index (χ1n) is 5.07. The van der Waals surface area contributed by atoms with Gasteiger partial charge >= 0.3 is 6.18 Å². The van der Waals surface area contributed by atoms with E-state index in [-0.39, 0.29) is 16.4 Å². The highest BCUT2D eigenvalue weighted by atomic mass is 35.5. The summed E-state index contributed by atoms with van der Waals surface area (Å²) in [4.78, 5) is 0. The molecule has 1 aromatic heterocycles. The van der Waals surface area contributed by atoms with Crippen molar-refractivity contribution in [2.45, 2.75) is 6.18 Å². The Bertz CT molecular complexity index is 634. The van der Waals surface area contributed by atoms with Gasteiger partial charge in [-0.05, 0) is 6.07 Å². The summed E-state index contributed by atoms with van der Waals surface area (Å²) in [6, 6.07) is 3.75. The van der Waals surface area contributed by atoms with Gasteiger partial charge in [0.2, 0.25) is 0 Å². The van der Waals surface area contributed by atoms with Crippen molar-refractivity contribution in [3.8, 4) is 11.1 Å². The lowest BCUT2D eigenvalue weighted by atomic mass is 10.0. The van der Waals surface area contributed by atoms with Crippen LogP contribution in [-0.2, 0) is 13.2 Å². The molecule has 0 unspecified atom stereocenters. The molecule has 0 fully saturated rings. The highest BCUT2D eigenvalue weighted by Crippen LogP contribution is 2.41. The molecule has 102 valence electrons. The smallest absolute Gasteiger partial charge is 0.383 e. The van der Waals surface area contributed by atoms with Crippen molar-refractivity contribution in [1.82, 2.24) is 9.78 Å². The van der Waals surface area contributed by atoms with E-state index in [0.717, 1.165) is 4.68 Å². The fourth-order valence-electron chi connectivity index (χ4n) is 1.70. The molecule has 0 atom stereocenters. The second-order valence-corrected chi connectivity index (χ2v) is 4.24. The number of alkyl halides is 3. The lowest BCUT2D eigenvalue weighted by molar-refractivity contribution is -0.140. The van der Waals surface area contributed by atoms with Crippen LogP contribution >= 0.6 is 11.6 Å². The second-order valence-electron chi connectivity index (χ2n) is 3.83. The van der Waals surface area contributed by atoms with Gasteiger partial charge in [0.05, 0.1) is 10.6 Å². The summed E-state index contributed by atoms with van der Waals surface area (Å²) >= 11 is 5.57. The average Bonchev–Trinajstić information content (AvgIpc) is 2.60. The second kappa shape index (κ2) is 4.41. The van der Waals surface area contributed by atoms with E-state index in [0.29, 0.717) is 0 Å². The molecule has 2 rings (SSSR count). The van der Waals surface area contributed by atoms with E-state index in [1.54, 1.807) is 0 Å². The van der Waals surface area contributed by atoms with Gasteiger partial charge in [0.1, 0.15) is 11.6 Å². The summed E-state index contributed by atoms with van der Waals surface area (Å²) in [5.74, 6) is -1.25. The van der Waals surface area contributed by atoms with Crippen molar-refractivity contribution < 1.29 is 17.6 Å². The molecule has 1 heterocycles. The van der Waals surface area contributed by atoms with Crippen LogP contribution in [0.3, 0.4) is 0 Å². The Morgan fingerprint density at radius 1 is 1.32 bits per heavy atom. The molecule has 2 N–H and O–H groups in total. The Hall–Kier alpha value is -1.76. The lowest BCUT2D eigenvalue weighted by Crippen LogP contribution is -2.08. The number of halogens is 5. The molecule has 0 radical (unpaired) electrons. The fraction of sp³-hybridized carbons (Fsp3) is 0.182. The van der Waals surface area contributed by atoms with E-state index >= 15 is 0 Å². The Morgan fingerprint density at radius 3 is 2.53 bits per heavy atom. The van der Waals surface area contributed by atoms with Gasteiger partial charge in [0.25, 0.3) is 0 Å². The predicted molar refractivity (Wildman–Crippen MR) is 63.0 cm³/mol. The minimum Gasteiger partial charge on any atom is -0.383 e. The molecular formula is C11H8ClF4N3. The highest BCUT2D eigenvalue weighted by molar-refractivity contribution is 6.31. The first-order chi connectivity index (χ1) is 8.73. The normalized spacial score (nSPS) is 11.9. The zero-order valence-electron chi connectivity index (χ0n) is 9.59. The van der Waals surface area contributed by atoms with Crippen molar-refractivity contribution in [3.05, 3.63) is 34.7 Å². The van der Waals surface area contributed by atoms with Gasteiger partial charge in [0, 0.05) is 12.6 Å². The summed E-state index contributed by atoms with van der Waals surface area (Å²) in [6.45, 7) is 0. The Kier molecular flexibility index (Phi) is 3.17. The molecule has 0 aliphatic heterocycles. The number of hydrogen-bond donors (Lipinski definition) is 1. The van der Waals surface area contributed by atoms with Crippen molar-refractivity contribution >= 4 is 17.4 Å². The van der Waals surface area contributed by atoms with Crippen LogP contribution in [0.1, 0.15) is 5.69 Å². The summed E-state index contributed by atoms with van der Waals surface area (Å²) < 4.78 is 53.3. The molecule has 0 aliphatic rings. The van der Waals surface area contributed by atoms with E-state index in [1.165, 1.54) is 25.2 Å². The van der Waals surface area contributed by atoms with Gasteiger partial charge in [-0.3, -0.25) is 4.68 Å². The van der Waals surface area contributed by atoms with Crippen LogP contribution in [0.2, 0.25) is 5.02 Å². The number of nitrogen functional groups attached to an aromatic ring is 1. The summed E-state index contributed by atoms with van der Waals surface area (Å²) in [5.41, 5.74) is 3.47. The van der Waals surface area contributed by atoms with Gasteiger partial charge in [0.15, 0.2) is 5.69 Å². The standard InChI is InChI=1S/C11H8ClF4N3/c1-19-10(17)7(9(18-19)11(14,15)16)5-3-2-4-6(12)8(5)13/h2-4H,17H2,1H3. The number of hydrogen-bond acceptors (Lipinski definition) is 2. The van der Waals surface area contributed by atoms with Crippen molar-refractivity contribution in [2.75, 3.05) is 5.73 Å². The predicted octanol–water partition coefficient (Wildman–Crippen LogP) is 3.48. The van der Waals surface area contributed by atoms with Gasteiger partial charge in [-0.1, -0.05) is 23.7 Å². The van der Waals surface area contributed by atoms with Crippen LogP contribution in [0.25, 0.3) is 11.1 Å². The fourth-order valence-corrected chi connectivity index (χ4v) is 1.87. The van der Waals surface area contributed by atoms with Crippen molar-refractivity contribution in [2.24, 2.45) is 7.05 Å². The van der Waals surface area contributed by atoms with E-state index in [1.807, 2.05) is 0 Å². The maximum Gasteiger partial charge on any atom is 0.435 e. The van der Waals surface area contributed by atoms with Gasteiger partial charge in [-0.25, -0.2) is 4.39 Å². The molecule has 0 aliphatic carbocycles. The monoisotopic (exact) mass is 293 g/mol. The highest BCUT2D eigenvalue weighted by Gasteiger charge is 2.39. The van der Waals surface area contributed by atoms with Crippen molar-refractivity contribution in [3.63, 3.8) is 0 Å². The maximum absolute atomic E-state index is 13.9. The number of aromatic nitrogens is 2. The molecule has 19 heavy (non-hydrogen) atoms. The molecule has 0 amide bonds. The molecule has 0 saturated carbocycles. The zero-order chi connectivity index (χ0) is 14.4. The molecule has 1 aromatic carbocycles. The minimum absolute atomic E-state index is 0.283. The van der Waals surface area contributed by atoms with E-state index in [4.69, 9.17) is 17.3 Å². The van der Waals surface area contributed by atoms with Crippen LogP contribution in [0, 0.1) is 5.82 Å². The summed E-state index contributed by atoms with van der Waals surface area (Å²) in [7, 11) is 1.25. The Labute approximate surface area is 110 Å². The summed E-state index contributed by atoms with van der Waals surface area (Å²) in [5, 5.41) is 3.00. The molecule has 3 nitrogen and oxygen atoms in total. The molecule has 0 spiro atoms. The molecular weight excluding hydrogens is 286 g/mol. The van der Waals surface area contributed by atoms with Crippen molar-refractivity contribution in [1.29, 1.82) is 0 Å². The maximum atomic E-state index is 13.9. The van der Waals surface area contributed by atoms with Crippen LogP contribution in [-0.4, -0.2) is 9.78 Å². The number of benzene rings is 1. The SMILES string of the molecule is Cn1nc(C(F)(F)F)c(-c2cccc(Cl)c2F)c1N. The van der Waals surface area contributed by atoms with Crippen LogP contribution < -0.4 is 5.73 Å². The quantitative estimate of drug-likeness (QED) is 0.818. The topological polar surface area (TPSA) is 43.8 Å². The lowest BCUT2D eigenvalue weighted by Gasteiger charge is -2.08. The van der Waals surface area contributed by atoms with Crippen LogP contribution in [0.5, 0.6) is 0 Å². The van der Waals surface area contributed by atoms with Gasteiger partial charge in [-0.2, -0.15) is 18.3 Å². The summed E-state index contributed by atoms with van der Waals surface area (Å²) in [6.07, 6.45) is -4.74. The van der Waals surface area contributed by atoms with E-state index in [2.05, 4.69) is 5.10 Å². The van der Waals surface area contributed by atoms with Gasteiger partial charge in [-0.15, -0.1) is 0 Å². The largest absolute Gasteiger partial charge is 0.435 e. The van der Waals surface area contributed by atoms with Crippen LogP contribution in [0.4, 0.5) is 23.4 Å². The third kappa shape index (κ3) is 2.25. The number of nitrogens with zero attached hydrogens (tertiary/aromatic N) is 2. The number of nitrogens with two attached hydrogens (primary N) is 1. The third-order valence-electron chi connectivity index (χ3n) is 2.58. The number of anilines is 1. The molecule has 0 saturated heterocycles. The zero-order valence-corrected chi connectivity index (χ0v) is 10.3. The number of aryl methyl sites for hydroxylation is 1. The molecule has 0 bridgehead atoms. The Balaban J connectivity index is 2.78. The first kappa shape index (κ1) is 13.7. The molecule has 2 aromatic rings. The Morgan fingerprint density at radius 2 is 1.95 bits per heavy atom. The van der Waals surface area contributed by atoms with E-state index < -0.39 is 23.3 Å². The van der Waals surface area contributed by atoms with Crippen LogP contribution in [0.15, 0.2) is 18.2 Å². The first-order valence-corrected chi connectivity index (χ1v) is 5.45. The minimum atomic E-state index is -4.74. The van der Waals surface area contributed by atoms with E-state index in [9.17, 15) is 17.6 Å².